The Kier molecular flexibility index (Phi) is 8.47. The molecule has 1 rings (SSSR count). The lowest BCUT2D eigenvalue weighted by molar-refractivity contribution is -0.00719. The topological polar surface area (TPSA) is 38.7 Å². The summed E-state index contributed by atoms with van der Waals surface area (Å²) in [5.41, 5.74) is 1.23. The molecule has 0 spiro atoms. The fourth-order valence-corrected chi connectivity index (χ4v) is 1.82. The molecule has 0 fully saturated rings. The maximum absolute atomic E-state index is 8.60. The van der Waals surface area contributed by atoms with Gasteiger partial charge in [0.1, 0.15) is 0 Å². The van der Waals surface area contributed by atoms with Gasteiger partial charge in [-0.1, -0.05) is 50.1 Å². The summed E-state index contributed by atoms with van der Waals surface area (Å²) in [6, 6.07) is 10.3. The van der Waals surface area contributed by atoms with Gasteiger partial charge in [-0.2, -0.15) is 0 Å². The molecule has 0 heterocycles. The molecule has 0 aliphatic carbocycles. The molecule has 18 heavy (non-hydrogen) atoms. The number of benzene rings is 1. The summed E-state index contributed by atoms with van der Waals surface area (Å²) < 4.78 is 11.1. The predicted molar refractivity (Wildman–Crippen MR) is 72.6 cm³/mol. The first-order valence-corrected chi connectivity index (χ1v) is 6.73. The first-order chi connectivity index (χ1) is 8.88. The molecule has 0 bridgehead atoms. The van der Waals surface area contributed by atoms with Crippen LogP contribution in [0.4, 0.5) is 0 Å². The van der Waals surface area contributed by atoms with Crippen LogP contribution in [-0.4, -0.2) is 31.5 Å². The Morgan fingerprint density at radius 2 is 1.89 bits per heavy atom. The first kappa shape index (κ1) is 15.2. The minimum atomic E-state index is 0.0674. The third-order valence-electron chi connectivity index (χ3n) is 2.77. The molecule has 0 aromatic heterocycles. The van der Waals surface area contributed by atoms with E-state index >= 15 is 0 Å². The molecule has 1 atom stereocenters. The maximum Gasteiger partial charge on any atom is 0.0826 e. The van der Waals surface area contributed by atoms with Gasteiger partial charge in [-0.3, -0.25) is 0 Å². The first-order valence-electron chi connectivity index (χ1n) is 6.73. The van der Waals surface area contributed by atoms with Gasteiger partial charge in [0, 0.05) is 0 Å². The van der Waals surface area contributed by atoms with Crippen LogP contribution in [0.5, 0.6) is 0 Å². The quantitative estimate of drug-likeness (QED) is 0.651. The molecule has 3 heteroatoms. The summed E-state index contributed by atoms with van der Waals surface area (Å²) in [6.07, 6.45) is 3.54. The average Bonchev–Trinajstić information content (AvgIpc) is 2.43. The zero-order valence-corrected chi connectivity index (χ0v) is 11.2. The van der Waals surface area contributed by atoms with Gasteiger partial charge in [0.15, 0.2) is 0 Å². The lowest BCUT2D eigenvalue weighted by atomic mass is 10.0. The molecular weight excluding hydrogens is 228 g/mol. The van der Waals surface area contributed by atoms with Crippen molar-refractivity contribution >= 4 is 0 Å². The van der Waals surface area contributed by atoms with Crippen molar-refractivity contribution in [3.05, 3.63) is 35.9 Å². The second-order valence-electron chi connectivity index (χ2n) is 4.25. The zero-order chi connectivity index (χ0) is 13.1. The van der Waals surface area contributed by atoms with Crippen LogP contribution in [0.3, 0.4) is 0 Å². The molecule has 1 aromatic carbocycles. The van der Waals surface area contributed by atoms with Gasteiger partial charge in [-0.25, -0.2) is 0 Å². The summed E-state index contributed by atoms with van der Waals surface area (Å²) in [7, 11) is 0. The van der Waals surface area contributed by atoms with Crippen molar-refractivity contribution in [1.29, 1.82) is 0 Å². The summed E-state index contributed by atoms with van der Waals surface area (Å²) >= 11 is 0. The Hall–Kier alpha value is -0.900. The number of hydrogen-bond acceptors (Lipinski definition) is 3. The van der Waals surface area contributed by atoms with Crippen LogP contribution in [-0.2, 0) is 9.47 Å². The molecule has 0 radical (unpaired) electrons. The highest BCUT2D eigenvalue weighted by atomic mass is 16.5. The van der Waals surface area contributed by atoms with Gasteiger partial charge in [0.05, 0.1) is 32.5 Å². The molecule has 1 aromatic rings. The number of ether oxygens (including phenoxy) is 2. The number of hydrogen-bond donors (Lipinski definition) is 1. The molecule has 0 aliphatic heterocycles. The van der Waals surface area contributed by atoms with Crippen LogP contribution in [0.15, 0.2) is 30.3 Å². The molecule has 3 nitrogen and oxygen atoms in total. The van der Waals surface area contributed by atoms with Crippen molar-refractivity contribution in [2.45, 2.75) is 32.3 Å². The van der Waals surface area contributed by atoms with Crippen molar-refractivity contribution in [3.63, 3.8) is 0 Å². The van der Waals surface area contributed by atoms with Crippen LogP contribution in [0.2, 0.25) is 0 Å². The Morgan fingerprint density at radius 3 is 2.56 bits per heavy atom. The van der Waals surface area contributed by atoms with E-state index in [0.29, 0.717) is 19.8 Å². The molecule has 1 N–H and O–H groups in total. The van der Waals surface area contributed by atoms with Crippen LogP contribution in [0.25, 0.3) is 0 Å². The highest BCUT2D eigenvalue weighted by Gasteiger charge is 2.10. The van der Waals surface area contributed by atoms with E-state index in [4.69, 9.17) is 14.6 Å². The third-order valence-corrected chi connectivity index (χ3v) is 2.77. The summed E-state index contributed by atoms with van der Waals surface area (Å²) in [6.45, 7) is 3.75. The minimum Gasteiger partial charge on any atom is -0.394 e. The van der Waals surface area contributed by atoms with E-state index in [1.165, 1.54) is 12.0 Å². The number of unbranched alkanes of at least 4 members (excludes halogenated alkanes) is 1. The lowest BCUT2D eigenvalue weighted by Gasteiger charge is -2.18. The van der Waals surface area contributed by atoms with Gasteiger partial charge >= 0.3 is 0 Å². The van der Waals surface area contributed by atoms with Gasteiger partial charge in [-0.15, -0.1) is 0 Å². The van der Waals surface area contributed by atoms with Crippen molar-refractivity contribution < 1.29 is 14.6 Å². The number of rotatable bonds is 10. The fraction of sp³-hybridized carbons (Fsp3) is 0.600. The Bertz CT molecular complexity index is 287. The Balaban J connectivity index is 2.36. The fourth-order valence-electron chi connectivity index (χ4n) is 1.82. The van der Waals surface area contributed by atoms with Crippen LogP contribution >= 0.6 is 0 Å². The van der Waals surface area contributed by atoms with E-state index in [0.717, 1.165) is 12.8 Å². The van der Waals surface area contributed by atoms with Crippen LogP contribution in [0.1, 0.15) is 37.9 Å². The molecule has 0 aliphatic rings. The monoisotopic (exact) mass is 252 g/mol. The van der Waals surface area contributed by atoms with Crippen molar-refractivity contribution in [1.82, 2.24) is 0 Å². The van der Waals surface area contributed by atoms with E-state index in [1.807, 2.05) is 18.2 Å². The highest BCUT2D eigenvalue weighted by Crippen LogP contribution is 2.23. The maximum atomic E-state index is 8.60. The normalized spacial score (nSPS) is 12.6. The molecule has 102 valence electrons. The summed E-state index contributed by atoms with van der Waals surface area (Å²) in [4.78, 5) is 0. The van der Waals surface area contributed by atoms with Gasteiger partial charge < -0.3 is 14.6 Å². The molecule has 0 saturated heterocycles. The zero-order valence-electron chi connectivity index (χ0n) is 11.2. The van der Waals surface area contributed by atoms with Crippen molar-refractivity contribution in [2.24, 2.45) is 0 Å². The summed E-state index contributed by atoms with van der Waals surface area (Å²) in [5, 5.41) is 8.60. The molecular formula is C15H24O3. The van der Waals surface area contributed by atoms with Crippen molar-refractivity contribution in [2.75, 3.05) is 26.4 Å². The van der Waals surface area contributed by atoms with E-state index in [1.54, 1.807) is 0 Å². The van der Waals surface area contributed by atoms with Crippen LogP contribution in [0, 0.1) is 0 Å². The van der Waals surface area contributed by atoms with E-state index in [9.17, 15) is 0 Å². The Morgan fingerprint density at radius 1 is 1.11 bits per heavy atom. The van der Waals surface area contributed by atoms with E-state index in [2.05, 4.69) is 19.1 Å². The van der Waals surface area contributed by atoms with E-state index in [-0.39, 0.29) is 12.7 Å². The summed E-state index contributed by atoms with van der Waals surface area (Å²) in [5.74, 6) is 0. The highest BCUT2D eigenvalue weighted by molar-refractivity contribution is 5.17. The smallest absolute Gasteiger partial charge is 0.0826 e. The standard InChI is InChI=1S/C15H24O3/c1-2-3-9-15(14-7-5-4-6-8-14)18-13-12-17-11-10-16/h4-8,15-16H,2-3,9-13H2,1H3. The van der Waals surface area contributed by atoms with Gasteiger partial charge in [-0.05, 0) is 12.0 Å². The largest absolute Gasteiger partial charge is 0.394 e. The van der Waals surface area contributed by atoms with Crippen LogP contribution < -0.4 is 0 Å². The minimum absolute atomic E-state index is 0.0674. The second kappa shape index (κ2) is 10.1. The second-order valence-corrected chi connectivity index (χ2v) is 4.25. The van der Waals surface area contributed by atoms with Gasteiger partial charge in [0.25, 0.3) is 0 Å². The van der Waals surface area contributed by atoms with E-state index < -0.39 is 0 Å². The third kappa shape index (κ3) is 6.15. The van der Waals surface area contributed by atoms with Crippen molar-refractivity contribution in [3.8, 4) is 0 Å². The lowest BCUT2D eigenvalue weighted by Crippen LogP contribution is -2.11. The average molecular weight is 252 g/mol. The molecule has 0 saturated carbocycles. The SMILES string of the molecule is CCCCC(OCCOCCO)c1ccccc1. The van der Waals surface area contributed by atoms with Gasteiger partial charge in [0.2, 0.25) is 0 Å². The number of aliphatic hydroxyl groups is 1. The predicted octanol–water partition coefficient (Wildman–Crippen LogP) is 2.94. The Labute approximate surface area is 110 Å². The molecule has 0 amide bonds. The molecule has 1 unspecified atom stereocenters. The number of aliphatic hydroxyl groups excluding tert-OH is 1.